The van der Waals surface area contributed by atoms with Gasteiger partial charge in [0, 0.05) is 0 Å². The Morgan fingerprint density at radius 3 is 1.31 bits per heavy atom. The second kappa shape index (κ2) is 15.3. The van der Waals surface area contributed by atoms with Crippen LogP contribution in [0.3, 0.4) is 0 Å². The summed E-state index contributed by atoms with van der Waals surface area (Å²) < 4.78 is 0. The summed E-state index contributed by atoms with van der Waals surface area (Å²) in [6.45, 7) is 9.25. The number of benzene rings is 1. The van der Waals surface area contributed by atoms with Gasteiger partial charge in [0.15, 0.2) is 0 Å². The van der Waals surface area contributed by atoms with Crippen LogP contribution in [0, 0.1) is 0 Å². The van der Waals surface area contributed by atoms with Crippen molar-refractivity contribution < 1.29 is 0 Å². The summed E-state index contributed by atoms with van der Waals surface area (Å²) in [6, 6.07) is 5.10. The number of unbranched alkanes of at least 4 members (excludes halogenated alkanes) is 9. The molecule has 26 heavy (non-hydrogen) atoms. The molecule has 0 aliphatic carbocycles. The molecule has 0 spiro atoms. The second-order valence-corrected chi connectivity index (χ2v) is 8.18. The Labute approximate surface area is 165 Å². The number of aryl methyl sites for hydroxylation is 3. The molecule has 0 saturated carbocycles. The fourth-order valence-electron chi connectivity index (χ4n) is 4.05. The fraction of sp³-hybridized carbons (Fsp3) is 0.769. The first-order valence-electron chi connectivity index (χ1n) is 11.9. The first-order valence-corrected chi connectivity index (χ1v) is 11.9. The maximum absolute atomic E-state index is 2.55. The summed E-state index contributed by atoms with van der Waals surface area (Å²) in [7, 11) is 0. The van der Waals surface area contributed by atoms with Crippen molar-refractivity contribution in [3.05, 3.63) is 34.4 Å². The van der Waals surface area contributed by atoms with E-state index in [1.807, 2.05) is 0 Å². The lowest BCUT2D eigenvalue weighted by atomic mass is 9.88. The first-order chi connectivity index (χ1) is 12.8. The fourth-order valence-corrected chi connectivity index (χ4v) is 4.05. The van der Waals surface area contributed by atoms with Crippen molar-refractivity contribution >= 4 is 0 Å². The molecule has 0 saturated heterocycles. The molecule has 0 amide bonds. The Kier molecular flexibility index (Phi) is 13.7. The highest BCUT2D eigenvalue weighted by molar-refractivity contribution is 5.40. The Morgan fingerprint density at radius 1 is 0.500 bits per heavy atom. The molecule has 1 rings (SSSR count). The lowest BCUT2D eigenvalue weighted by Gasteiger charge is -2.18. The van der Waals surface area contributed by atoms with Crippen molar-refractivity contribution in [3.8, 4) is 0 Å². The number of hydrogen-bond acceptors (Lipinski definition) is 0. The molecular weight excluding hydrogens is 312 g/mol. The van der Waals surface area contributed by atoms with Crippen molar-refractivity contribution in [1.29, 1.82) is 0 Å². The molecule has 1 aromatic rings. The van der Waals surface area contributed by atoms with Crippen LogP contribution in [-0.4, -0.2) is 0 Å². The summed E-state index contributed by atoms with van der Waals surface area (Å²) in [5, 5.41) is 0. The summed E-state index contributed by atoms with van der Waals surface area (Å²) in [6.07, 6.45) is 21.6. The quantitative estimate of drug-likeness (QED) is 0.259. The molecule has 0 nitrogen and oxygen atoms in total. The zero-order valence-electron chi connectivity index (χ0n) is 18.5. The van der Waals surface area contributed by atoms with E-state index >= 15 is 0 Å². The Balaban J connectivity index is 2.88. The first kappa shape index (κ1) is 23.3. The van der Waals surface area contributed by atoms with Crippen molar-refractivity contribution in [2.75, 3.05) is 0 Å². The Hall–Kier alpha value is -0.780. The predicted octanol–water partition coefficient (Wildman–Crippen LogP) is 8.62. The summed E-state index contributed by atoms with van der Waals surface area (Å²) >= 11 is 0. The lowest BCUT2D eigenvalue weighted by molar-refractivity contribution is 0.639. The average molecular weight is 359 g/mol. The SMILES string of the molecule is CCCCCCc1cc(CC)cc(CCCCCC)c1CCCCCC. The third-order valence-electron chi connectivity index (χ3n) is 5.78. The van der Waals surface area contributed by atoms with E-state index in [1.165, 1.54) is 103 Å². The normalized spacial score (nSPS) is 11.2. The number of hydrogen-bond donors (Lipinski definition) is 0. The van der Waals surface area contributed by atoms with Crippen molar-refractivity contribution in [1.82, 2.24) is 0 Å². The van der Waals surface area contributed by atoms with Gasteiger partial charge in [-0.1, -0.05) is 97.6 Å². The maximum Gasteiger partial charge on any atom is -0.0273 e. The summed E-state index contributed by atoms with van der Waals surface area (Å²) in [4.78, 5) is 0. The minimum Gasteiger partial charge on any atom is -0.0654 e. The molecule has 150 valence electrons. The third kappa shape index (κ3) is 9.24. The monoisotopic (exact) mass is 358 g/mol. The Morgan fingerprint density at radius 2 is 0.923 bits per heavy atom. The van der Waals surface area contributed by atoms with Gasteiger partial charge in [0.25, 0.3) is 0 Å². The molecule has 0 aliphatic heterocycles. The van der Waals surface area contributed by atoms with Gasteiger partial charge in [-0.05, 0) is 67.2 Å². The van der Waals surface area contributed by atoms with Crippen LogP contribution in [0.4, 0.5) is 0 Å². The van der Waals surface area contributed by atoms with E-state index in [1.54, 1.807) is 22.3 Å². The van der Waals surface area contributed by atoms with Gasteiger partial charge in [-0.15, -0.1) is 0 Å². The highest BCUT2D eigenvalue weighted by atomic mass is 14.2. The zero-order valence-corrected chi connectivity index (χ0v) is 18.5. The van der Waals surface area contributed by atoms with Crippen molar-refractivity contribution in [3.63, 3.8) is 0 Å². The molecule has 0 fully saturated rings. The highest BCUT2D eigenvalue weighted by Gasteiger charge is 2.11. The molecule has 0 aromatic heterocycles. The van der Waals surface area contributed by atoms with Gasteiger partial charge in [0.2, 0.25) is 0 Å². The smallest absolute Gasteiger partial charge is 0.0273 e. The molecule has 1 aromatic carbocycles. The molecule has 0 radical (unpaired) electrons. The van der Waals surface area contributed by atoms with E-state index < -0.39 is 0 Å². The van der Waals surface area contributed by atoms with Crippen LogP contribution in [-0.2, 0) is 25.7 Å². The van der Waals surface area contributed by atoms with E-state index in [2.05, 4.69) is 39.8 Å². The molecule has 0 bridgehead atoms. The largest absolute Gasteiger partial charge is 0.0654 e. The van der Waals surface area contributed by atoms with Crippen LogP contribution >= 0.6 is 0 Å². The van der Waals surface area contributed by atoms with Gasteiger partial charge in [-0.25, -0.2) is 0 Å². The maximum atomic E-state index is 2.55. The molecule has 0 N–H and O–H groups in total. The van der Waals surface area contributed by atoms with Crippen molar-refractivity contribution in [2.24, 2.45) is 0 Å². The minimum atomic E-state index is 1.18. The molecule has 0 heteroatoms. The Bertz CT molecular complexity index is 424. The zero-order chi connectivity index (χ0) is 19.0. The van der Waals surface area contributed by atoms with Crippen LogP contribution < -0.4 is 0 Å². The predicted molar refractivity (Wildman–Crippen MR) is 119 cm³/mol. The van der Waals surface area contributed by atoms with Crippen LogP contribution in [0.1, 0.15) is 127 Å². The third-order valence-corrected chi connectivity index (χ3v) is 5.78. The van der Waals surface area contributed by atoms with Crippen LogP contribution in [0.5, 0.6) is 0 Å². The standard InChI is InChI=1S/C26H46/c1-5-9-12-15-18-24-21-23(8-4)22-25(19-16-13-10-6-2)26(24)20-17-14-11-7-3/h21-22H,5-20H2,1-4H3. The van der Waals surface area contributed by atoms with Crippen LogP contribution in [0.2, 0.25) is 0 Å². The van der Waals surface area contributed by atoms with E-state index in [4.69, 9.17) is 0 Å². The summed E-state index contributed by atoms with van der Waals surface area (Å²) in [5.41, 5.74) is 6.70. The molecular formula is C26H46. The topological polar surface area (TPSA) is 0 Å². The van der Waals surface area contributed by atoms with Gasteiger partial charge in [-0.3, -0.25) is 0 Å². The molecule has 0 atom stereocenters. The average Bonchev–Trinajstić information content (AvgIpc) is 2.66. The summed E-state index contributed by atoms with van der Waals surface area (Å²) in [5.74, 6) is 0. The van der Waals surface area contributed by atoms with Gasteiger partial charge in [-0.2, -0.15) is 0 Å². The molecule has 0 unspecified atom stereocenters. The van der Waals surface area contributed by atoms with Gasteiger partial charge in [0.05, 0.1) is 0 Å². The lowest BCUT2D eigenvalue weighted by Crippen LogP contribution is -2.04. The second-order valence-electron chi connectivity index (χ2n) is 8.18. The van der Waals surface area contributed by atoms with Gasteiger partial charge >= 0.3 is 0 Å². The van der Waals surface area contributed by atoms with E-state index in [-0.39, 0.29) is 0 Å². The van der Waals surface area contributed by atoms with E-state index in [0.717, 1.165) is 0 Å². The molecule has 0 heterocycles. The van der Waals surface area contributed by atoms with E-state index in [9.17, 15) is 0 Å². The van der Waals surface area contributed by atoms with Crippen molar-refractivity contribution in [2.45, 2.75) is 130 Å². The highest BCUT2D eigenvalue weighted by Crippen LogP contribution is 2.25. The molecule has 0 aliphatic rings. The number of rotatable bonds is 16. The van der Waals surface area contributed by atoms with Gasteiger partial charge in [0.1, 0.15) is 0 Å². The van der Waals surface area contributed by atoms with Crippen LogP contribution in [0.25, 0.3) is 0 Å². The van der Waals surface area contributed by atoms with Gasteiger partial charge < -0.3 is 0 Å². The van der Waals surface area contributed by atoms with E-state index in [0.29, 0.717) is 0 Å². The van der Waals surface area contributed by atoms with Crippen LogP contribution in [0.15, 0.2) is 12.1 Å². The minimum absolute atomic E-state index is 1.18.